The Morgan fingerprint density at radius 2 is 2.10 bits per heavy atom. The smallest absolute Gasteiger partial charge is 0.226 e. The molecule has 1 aromatic carbocycles. The Kier molecular flexibility index (Phi) is 2.89. The Morgan fingerprint density at radius 1 is 1.20 bits per heavy atom. The molecule has 0 atom stereocenters. The lowest BCUT2D eigenvalue weighted by Crippen LogP contribution is -2.03. The van der Waals surface area contributed by atoms with Crippen molar-refractivity contribution in [1.82, 2.24) is 25.2 Å². The summed E-state index contributed by atoms with van der Waals surface area (Å²) in [6, 6.07) is 11.9. The van der Waals surface area contributed by atoms with E-state index in [1.807, 2.05) is 6.07 Å². The molecular weight excluding hydrogens is 259 g/mol. The fourth-order valence-corrected chi connectivity index (χ4v) is 1.69. The molecule has 0 aliphatic rings. The summed E-state index contributed by atoms with van der Waals surface area (Å²) in [6.45, 7) is 0. The van der Waals surface area contributed by atoms with Crippen molar-refractivity contribution in [3.63, 3.8) is 0 Å². The fourth-order valence-electron chi connectivity index (χ4n) is 1.69. The standard InChI is InChI=1S/C13H7FN6/c14-12-11(5-2-6-16-12)20-18-13(17-19-20)10-4-1-3-9(7-10)8-15/h1-7H. The molecule has 0 amide bonds. The number of benzene rings is 1. The summed E-state index contributed by atoms with van der Waals surface area (Å²) in [4.78, 5) is 4.59. The minimum absolute atomic E-state index is 0.114. The van der Waals surface area contributed by atoms with Crippen LogP contribution in [-0.2, 0) is 0 Å². The van der Waals surface area contributed by atoms with Crippen LogP contribution in [0.4, 0.5) is 4.39 Å². The Labute approximate surface area is 113 Å². The lowest BCUT2D eigenvalue weighted by Gasteiger charge is -1.98. The number of halogens is 1. The van der Waals surface area contributed by atoms with Crippen LogP contribution in [0.15, 0.2) is 42.6 Å². The van der Waals surface area contributed by atoms with Gasteiger partial charge in [-0.05, 0) is 29.5 Å². The van der Waals surface area contributed by atoms with Gasteiger partial charge in [0, 0.05) is 11.8 Å². The minimum Gasteiger partial charge on any atom is -0.226 e. The molecule has 0 fully saturated rings. The molecule has 0 unspecified atom stereocenters. The van der Waals surface area contributed by atoms with Crippen molar-refractivity contribution in [2.24, 2.45) is 0 Å². The van der Waals surface area contributed by atoms with Gasteiger partial charge in [-0.25, -0.2) is 4.98 Å². The van der Waals surface area contributed by atoms with Crippen molar-refractivity contribution in [2.75, 3.05) is 0 Å². The third kappa shape index (κ3) is 2.10. The van der Waals surface area contributed by atoms with E-state index >= 15 is 0 Å². The lowest BCUT2D eigenvalue weighted by atomic mass is 10.1. The molecule has 0 saturated carbocycles. The van der Waals surface area contributed by atoms with Gasteiger partial charge >= 0.3 is 0 Å². The van der Waals surface area contributed by atoms with E-state index in [1.54, 1.807) is 30.3 Å². The maximum Gasteiger partial charge on any atom is 0.240 e. The summed E-state index contributed by atoms with van der Waals surface area (Å²) in [5.41, 5.74) is 1.24. The highest BCUT2D eigenvalue weighted by Crippen LogP contribution is 2.16. The van der Waals surface area contributed by atoms with Crippen molar-refractivity contribution in [3.05, 3.63) is 54.1 Å². The Morgan fingerprint density at radius 3 is 2.90 bits per heavy atom. The van der Waals surface area contributed by atoms with Gasteiger partial charge < -0.3 is 0 Å². The fraction of sp³-hybridized carbons (Fsp3) is 0. The van der Waals surface area contributed by atoms with E-state index in [-0.39, 0.29) is 5.69 Å². The molecule has 2 aromatic heterocycles. The maximum atomic E-state index is 13.5. The van der Waals surface area contributed by atoms with Crippen LogP contribution in [0.2, 0.25) is 0 Å². The van der Waals surface area contributed by atoms with Gasteiger partial charge in [-0.15, -0.1) is 15.0 Å². The lowest BCUT2D eigenvalue weighted by molar-refractivity contribution is 0.555. The molecule has 0 aliphatic carbocycles. The Bertz CT molecular complexity index is 804. The average molecular weight is 266 g/mol. The van der Waals surface area contributed by atoms with Gasteiger partial charge in [0.05, 0.1) is 11.6 Å². The largest absolute Gasteiger partial charge is 0.240 e. The zero-order valence-electron chi connectivity index (χ0n) is 10.1. The van der Waals surface area contributed by atoms with Gasteiger partial charge in [0.25, 0.3) is 0 Å². The van der Waals surface area contributed by atoms with Crippen LogP contribution in [0.5, 0.6) is 0 Å². The predicted octanol–water partition coefficient (Wildman–Crippen LogP) is 1.74. The van der Waals surface area contributed by atoms with Gasteiger partial charge in [-0.1, -0.05) is 12.1 Å². The van der Waals surface area contributed by atoms with Crippen LogP contribution in [0.25, 0.3) is 17.1 Å². The summed E-state index contributed by atoms with van der Waals surface area (Å²) in [5, 5.41) is 20.6. The predicted molar refractivity (Wildman–Crippen MR) is 67.1 cm³/mol. The van der Waals surface area contributed by atoms with Gasteiger partial charge in [-0.2, -0.15) is 9.65 Å². The molecular formula is C13H7FN6. The van der Waals surface area contributed by atoms with Crippen LogP contribution in [0, 0.1) is 17.3 Å². The molecule has 0 bridgehead atoms. The number of hydrogen-bond acceptors (Lipinski definition) is 5. The van der Waals surface area contributed by atoms with Gasteiger partial charge in [0.2, 0.25) is 11.8 Å². The van der Waals surface area contributed by atoms with Crippen molar-refractivity contribution in [2.45, 2.75) is 0 Å². The molecule has 6 nitrogen and oxygen atoms in total. The zero-order chi connectivity index (χ0) is 13.9. The van der Waals surface area contributed by atoms with E-state index < -0.39 is 5.95 Å². The molecule has 0 spiro atoms. The Balaban J connectivity index is 2.02. The zero-order valence-corrected chi connectivity index (χ0v) is 10.1. The first-order valence-corrected chi connectivity index (χ1v) is 5.69. The van der Waals surface area contributed by atoms with E-state index in [0.29, 0.717) is 17.0 Å². The summed E-state index contributed by atoms with van der Waals surface area (Å²) >= 11 is 0. The Hall–Kier alpha value is -3.14. The van der Waals surface area contributed by atoms with Crippen LogP contribution in [0.3, 0.4) is 0 Å². The van der Waals surface area contributed by atoms with Gasteiger partial charge in [0.1, 0.15) is 5.69 Å². The molecule has 0 aliphatic heterocycles. The topological polar surface area (TPSA) is 80.3 Å². The number of nitriles is 1. The van der Waals surface area contributed by atoms with E-state index in [4.69, 9.17) is 5.26 Å². The quantitative estimate of drug-likeness (QED) is 0.660. The highest BCUT2D eigenvalue weighted by molar-refractivity contribution is 5.57. The highest BCUT2D eigenvalue weighted by Gasteiger charge is 2.11. The number of pyridine rings is 1. The monoisotopic (exact) mass is 266 g/mol. The van der Waals surface area contributed by atoms with Crippen molar-refractivity contribution < 1.29 is 4.39 Å². The second kappa shape index (κ2) is 4.85. The molecule has 0 radical (unpaired) electrons. The number of rotatable bonds is 2. The highest BCUT2D eigenvalue weighted by atomic mass is 19.1. The van der Waals surface area contributed by atoms with E-state index in [2.05, 4.69) is 20.4 Å². The van der Waals surface area contributed by atoms with Gasteiger partial charge in [-0.3, -0.25) is 0 Å². The van der Waals surface area contributed by atoms with Gasteiger partial charge in [0.15, 0.2) is 0 Å². The molecule has 2 heterocycles. The molecule has 3 aromatic rings. The second-order valence-electron chi connectivity index (χ2n) is 3.91. The normalized spacial score (nSPS) is 10.2. The summed E-state index contributed by atoms with van der Waals surface area (Å²) in [7, 11) is 0. The molecule has 7 heteroatoms. The summed E-state index contributed by atoms with van der Waals surface area (Å²) in [5.74, 6) is -0.368. The van der Waals surface area contributed by atoms with Crippen LogP contribution in [-0.4, -0.2) is 25.2 Å². The third-order valence-electron chi connectivity index (χ3n) is 2.62. The molecule has 0 N–H and O–H groups in total. The first kappa shape index (κ1) is 11.9. The van der Waals surface area contributed by atoms with E-state index in [1.165, 1.54) is 12.3 Å². The number of tetrazole rings is 1. The number of hydrogen-bond donors (Lipinski definition) is 0. The van der Waals surface area contributed by atoms with E-state index in [0.717, 1.165) is 4.80 Å². The van der Waals surface area contributed by atoms with Crippen molar-refractivity contribution in [1.29, 1.82) is 5.26 Å². The van der Waals surface area contributed by atoms with Crippen LogP contribution < -0.4 is 0 Å². The first-order chi connectivity index (χ1) is 9.78. The van der Waals surface area contributed by atoms with Crippen molar-refractivity contribution in [3.8, 4) is 23.1 Å². The molecule has 3 rings (SSSR count). The third-order valence-corrected chi connectivity index (χ3v) is 2.62. The number of nitrogens with zero attached hydrogens (tertiary/aromatic N) is 6. The minimum atomic E-state index is -0.678. The summed E-state index contributed by atoms with van der Waals surface area (Å²) < 4.78 is 13.5. The summed E-state index contributed by atoms with van der Waals surface area (Å²) in [6.07, 6.45) is 1.34. The molecule has 0 saturated heterocycles. The number of aromatic nitrogens is 5. The first-order valence-electron chi connectivity index (χ1n) is 5.69. The second-order valence-corrected chi connectivity index (χ2v) is 3.91. The molecule has 20 heavy (non-hydrogen) atoms. The average Bonchev–Trinajstić information content (AvgIpc) is 2.97. The van der Waals surface area contributed by atoms with Crippen LogP contribution >= 0.6 is 0 Å². The van der Waals surface area contributed by atoms with Crippen LogP contribution in [0.1, 0.15) is 5.56 Å². The SMILES string of the molecule is N#Cc1cccc(-c2nnn(-c3cccnc3F)n2)c1. The maximum absolute atomic E-state index is 13.5. The van der Waals surface area contributed by atoms with Crippen molar-refractivity contribution >= 4 is 0 Å². The molecule has 96 valence electrons. The van der Waals surface area contributed by atoms with E-state index in [9.17, 15) is 4.39 Å².